The van der Waals surface area contributed by atoms with E-state index in [1.807, 2.05) is 29.2 Å². The molecule has 0 saturated carbocycles. The highest BCUT2D eigenvalue weighted by atomic mass is 35.5. The van der Waals surface area contributed by atoms with Crippen LogP contribution in [-0.2, 0) is 9.53 Å². The maximum atomic E-state index is 12.4. The van der Waals surface area contributed by atoms with E-state index in [0.717, 1.165) is 30.7 Å². The second kappa shape index (κ2) is 9.66. The van der Waals surface area contributed by atoms with Crippen LogP contribution < -0.4 is 10.1 Å². The summed E-state index contributed by atoms with van der Waals surface area (Å²) in [7, 11) is 3.33. The van der Waals surface area contributed by atoms with Gasteiger partial charge in [-0.2, -0.15) is 0 Å². The lowest BCUT2D eigenvalue weighted by Crippen LogP contribution is -2.38. The van der Waals surface area contributed by atoms with Crippen molar-refractivity contribution in [2.24, 2.45) is 0 Å². The number of carbonyl (C=O) groups excluding carboxylic acids is 1. The molecule has 5 nitrogen and oxygen atoms in total. The van der Waals surface area contributed by atoms with Gasteiger partial charge in [0.25, 0.3) is 0 Å². The molecule has 1 aliphatic rings. The molecular formula is C16H25ClN2O3. The second-order valence-electron chi connectivity index (χ2n) is 5.16. The van der Waals surface area contributed by atoms with E-state index in [2.05, 4.69) is 5.32 Å². The molecule has 1 fully saturated rings. The molecule has 124 valence electrons. The number of nitrogens with zero attached hydrogens (tertiary/aromatic N) is 1. The third kappa shape index (κ3) is 4.60. The average Bonchev–Trinajstić information content (AvgIpc) is 3.00. The van der Waals surface area contributed by atoms with E-state index in [1.54, 1.807) is 14.2 Å². The number of halogens is 1. The number of hydrogen-bond acceptors (Lipinski definition) is 4. The first kappa shape index (κ1) is 18.7. The van der Waals surface area contributed by atoms with Gasteiger partial charge in [-0.3, -0.25) is 4.79 Å². The van der Waals surface area contributed by atoms with Crippen LogP contribution in [-0.4, -0.2) is 51.3 Å². The van der Waals surface area contributed by atoms with Crippen LogP contribution in [0.2, 0.25) is 0 Å². The Morgan fingerprint density at radius 3 is 2.86 bits per heavy atom. The molecule has 0 aromatic heterocycles. The fraction of sp³-hybridized carbons (Fsp3) is 0.562. The van der Waals surface area contributed by atoms with Crippen LogP contribution in [0.4, 0.5) is 0 Å². The van der Waals surface area contributed by atoms with Gasteiger partial charge in [0.05, 0.1) is 26.3 Å². The van der Waals surface area contributed by atoms with E-state index in [-0.39, 0.29) is 24.4 Å². The molecule has 0 bridgehead atoms. The summed E-state index contributed by atoms with van der Waals surface area (Å²) in [6, 6.07) is 8.07. The smallest absolute Gasteiger partial charge is 0.237 e. The van der Waals surface area contributed by atoms with E-state index in [1.165, 1.54) is 0 Å². The third-order valence-electron chi connectivity index (χ3n) is 3.83. The topological polar surface area (TPSA) is 50.8 Å². The minimum Gasteiger partial charge on any atom is -0.496 e. The number of benzene rings is 1. The summed E-state index contributed by atoms with van der Waals surface area (Å²) in [5.74, 6) is 0.994. The molecule has 1 atom stereocenters. The number of rotatable bonds is 7. The molecule has 1 amide bonds. The molecule has 2 rings (SSSR count). The van der Waals surface area contributed by atoms with Crippen LogP contribution in [0.3, 0.4) is 0 Å². The molecule has 0 radical (unpaired) electrons. The van der Waals surface area contributed by atoms with Crippen molar-refractivity contribution >= 4 is 18.3 Å². The Morgan fingerprint density at radius 2 is 2.14 bits per heavy atom. The van der Waals surface area contributed by atoms with Crippen molar-refractivity contribution in [3.05, 3.63) is 29.8 Å². The van der Waals surface area contributed by atoms with Gasteiger partial charge in [0.15, 0.2) is 0 Å². The highest BCUT2D eigenvalue weighted by Gasteiger charge is 2.31. The van der Waals surface area contributed by atoms with Gasteiger partial charge in [0.1, 0.15) is 5.75 Å². The molecule has 1 aliphatic heterocycles. The average molecular weight is 329 g/mol. The number of hydrogen-bond donors (Lipinski definition) is 1. The van der Waals surface area contributed by atoms with Crippen LogP contribution >= 0.6 is 12.4 Å². The van der Waals surface area contributed by atoms with Gasteiger partial charge in [-0.25, -0.2) is 0 Å². The Balaban J connectivity index is 0.00000242. The number of amides is 1. The number of likely N-dealkylation sites (tertiary alicyclic amines) is 1. The fourth-order valence-corrected chi connectivity index (χ4v) is 2.80. The third-order valence-corrected chi connectivity index (χ3v) is 3.83. The van der Waals surface area contributed by atoms with Crippen molar-refractivity contribution in [2.75, 3.05) is 40.5 Å². The normalized spacial score (nSPS) is 17.2. The highest BCUT2D eigenvalue weighted by Crippen LogP contribution is 2.36. The monoisotopic (exact) mass is 328 g/mol. The van der Waals surface area contributed by atoms with Crippen LogP contribution in [0.25, 0.3) is 0 Å². The SMILES string of the molecule is COCCNCC(=O)N1CCCC1c1ccccc1OC.Cl. The Hall–Kier alpha value is -1.30. The molecule has 0 aliphatic carbocycles. The lowest BCUT2D eigenvalue weighted by Gasteiger charge is -2.26. The van der Waals surface area contributed by atoms with Crippen molar-refractivity contribution in [3.63, 3.8) is 0 Å². The Morgan fingerprint density at radius 1 is 1.36 bits per heavy atom. The molecule has 1 aromatic carbocycles. The van der Waals surface area contributed by atoms with Gasteiger partial charge >= 0.3 is 0 Å². The first-order valence-electron chi connectivity index (χ1n) is 7.40. The number of para-hydroxylation sites is 1. The minimum absolute atomic E-state index is 0. The molecule has 1 aromatic rings. The molecule has 1 unspecified atom stereocenters. The zero-order valence-corrected chi connectivity index (χ0v) is 14.0. The highest BCUT2D eigenvalue weighted by molar-refractivity contribution is 5.85. The molecule has 1 saturated heterocycles. The van der Waals surface area contributed by atoms with Crippen LogP contribution in [0.15, 0.2) is 24.3 Å². The lowest BCUT2D eigenvalue weighted by molar-refractivity contribution is -0.131. The zero-order valence-electron chi connectivity index (χ0n) is 13.2. The van der Waals surface area contributed by atoms with Gasteiger partial charge in [0, 0.05) is 25.8 Å². The molecular weight excluding hydrogens is 304 g/mol. The summed E-state index contributed by atoms with van der Waals surface area (Å²) in [6.45, 7) is 2.47. The fourth-order valence-electron chi connectivity index (χ4n) is 2.80. The first-order valence-corrected chi connectivity index (χ1v) is 7.40. The van der Waals surface area contributed by atoms with Crippen molar-refractivity contribution in [2.45, 2.75) is 18.9 Å². The van der Waals surface area contributed by atoms with Crippen molar-refractivity contribution < 1.29 is 14.3 Å². The van der Waals surface area contributed by atoms with Crippen molar-refractivity contribution in [1.29, 1.82) is 0 Å². The number of nitrogens with one attached hydrogen (secondary N) is 1. The standard InChI is InChI=1S/C16H24N2O3.ClH/c1-20-11-9-17-12-16(19)18-10-5-7-14(18)13-6-3-4-8-15(13)21-2;/h3-4,6,8,14,17H,5,7,9-12H2,1-2H3;1H. The largest absolute Gasteiger partial charge is 0.496 e. The van der Waals surface area contributed by atoms with E-state index in [4.69, 9.17) is 9.47 Å². The zero-order chi connectivity index (χ0) is 15.1. The predicted octanol–water partition coefficient (Wildman–Crippen LogP) is 2.02. The van der Waals surface area contributed by atoms with E-state index in [0.29, 0.717) is 19.7 Å². The number of methoxy groups -OCH3 is 2. The molecule has 1 heterocycles. The molecule has 22 heavy (non-hydrogen) atoms. The van der Waals surface area contributed by atoms with Crippen molar-refractivity contribution in [3.8, 4) is 5.75 Å². The Kier molecular flexibility index (Phi) is 8.24. The number of carbonyl (C=O) groups is 1. The molecule has 6 heteroatoms. The van der Waals surface area contributed by atoms with E-state index >= 15 is 0 Å². The maximum Gasteiger partial charge on any atom is 0.237 e. The van der Waals surface area contributed by atoms with Gasteiger partial charge in [-0.05, 0) is 18.9 Å². The van der Waals surface area contributed by atoms with Crippen LogP contribution in [0, 0.1) is 0 Å². The minimum atomic E-state index is 0. The summed E-state index contributed by atoms with van der Waals surface area (Å²) < 4.78 is 10.4. The van der Waals surface area contributed by atoms with Crippen molar-refractivity contribution in [1.82, 2.24) is 10.2 Å². The van der Waals surface area contributed by atoms with E-state index < -0.39 is 0 Å². The Labute approximate surface area is 138 Å². The van der Waals surface area contributed by atoms with E-state index in [9.17, 15) is 4.79 Å². The number of ether oxygens (including phenoxy) is 2. The maximum absolute atomic E-state index is 12.4. The predicted molar refractivity (Wildman–Crippen MR) is 88.7 cm³/mol. The van der Waals surface area contributed by atoms with Gasteiger partial charge in [-0.1, -0.05) is 18.2 Å². The summed E-state index contributed by atoms with van der Waals surface area (Å²) in [5, 5.41) is 3.12. The first-order chi connectivity index (χ1) is 10.3. The second-order valence-corrected chi connectivity index (χ2v) is 5.16. The molecule has 0 spiro atoms. The quantitative estimate of drug-likeness (QED) is 0.778. The molecule has 1 N–H and O–H groups in total. The van der Waals surface area contributed by atoms with Gasteiger partial charge in [-0.15, -0.1) is 12.4 Å². The van der Waals surface area contributed by atoms with Crippen LogP contribution in [0.1, 0.15) is 24.4 Å². The van der Waals surface area contributed by atoms with Gasteiger partial charge in [0.2, 0.25) is 5.91 Å². The summed E-state index contributed by atoms with van der Waals surface area (Å²) in [6.07, 6.45) is 2.02. The summed E-state index contributed by atoms with van der Waals surface area (Å²) >= 11 is 0. The summed E-state index contributed by atoms with van der Waals surface area (Å²) in [5.41, 5.74) is 1.10. The lowest BCUT2D eigenvalue weighted by atomic mass is 10.0. The van der Waals surface area contributed by atoms with Crippen LogP contribution in [0.5, 0.6) is 5.75 Å². The summed E-state index contributed by atoms with van der Waals surface area (Å²) in [4.78, 5) is 14.3. The van der Waals surface area contributed by atoms with Gasteiger partial charge < -0.3 is 19.7 Å². The Bertz CT molecular complexity index is 470.